The molecule has 11 aromatic carbocycles. The summed E-state index contributed by atoms with van der Waals surface area (Å²) in [5.41, 5.74) is 15.9. The third-order valence-corrected chi connectivity index (χ3v) is 13.8. The smallest absolute Gasteiger partial charge is 0.213 e. The van der Waals surface area contributed by atoms with Crippen LogP contribution in [0, 0.1) is 0 Å². The first-order valence-electron chi connectivity index (χ1n) is 23.1. The molecule has 3 heterocycles. The fraction of sp³-hybridized carbons (Fsp3) is 0. The van der Waals surface area contributed by atoms with Crippen molar-refractivity contribution in [3.8, 4) is 39.1 Å². The second-order valence-electron chi connectivity index (χ2n) is 17.7. The van der Waals surface area contributed by atoms with Gasteiger partial charge in [-0.3, -0.25) is 4.57 Å². The lowest BCUT2D eigenvalue weighted by molar-refractivity contribution is 0.645. The summed E-state index contributed by atoms with van der Waals surface area (Å²) in [6, 6.07) is 87.1. The van der Waals surface area contributed by atoms with E-state index in [9.17, 15) is 0 Å². The molecule has 3 aromatic heterocycles. The summed E-state index contributed by atoms with van der Waals surface area (Å²) in [5, 5.41) is 10.5. The van der Waals surface area contributed by atoms with Crippen LogP contribution in [0.15, 0.2) is 251 Å². The Morgan fingerprint density at radius 1 is 0.324 bits per heavy atom. The molecule has 14 rings (SSSR count). The van der Waals surface area contributed by atoms with E-state index in [0.717, 1.165) is 105 Å². The van der Waals surface area contributed by atoms with E-state index in [1.54, 1.807) is 0 Å². The Bertz CT molecular complexity index is 4250. The molecule has 0 unspecified atom stereocenters. The highest BCUT2D eigenvalue weighted by Gasteiger charge is 2.22. The molecule has 0 radical (unpaired) electrons. The van der Waals surface area contributed by atoms with Crippen molar-refractivity contribution >= 4 is 93.5 Å². The first kappa shape index (κ1) is 38.2. The highest BCUT2D eigenvalue weighted by Crippen LogP contribution is 2.45. The molecule has 0 aliphatic carbocycles. The molecule has 0 bridgehead atoms. The molecule has 68 heavy (non-hydrogen) atoms. The zero-order chi connectivity index (χ0) is 44.7. The lowest BCUT2D eigenvalue weighted by atomic mass is 9.95. The van der Waals surface area contributed by atoms with Crippen molar-refractivity contribution in [1.29, 1.82) is 0 Å². The van der Waals surface area contributed by atoms with Gasteiger partial charge in [0.2, 0.25) is 5.71 Å². The van der Waals surface area contributed by atoms with Crippen molar-refractivity contribution in [2.75, 3.05) is 4.90 Å². The summed E-state index contributed by atoms with van der Waals surface area (Å²) in [5.74, 6) is 0. The van der Waals surface area contributed by atoms with Gasteiger partial charge in [0.1, 0.15) is 16.7 Å². The van der Waals surface area contributed by atoms with Gasteiger partial charge >= 0.3 is 0 Å². The minimum Gasteiger partial charge on any atom is -0.456 e. The number of fused-ring (bicyclic) bond motifs is 10. The van der Waals surface area contributed by atoms with Gasteiger partial charge in [-0.1, -0.05) is 158 Å². The Balaban J connectivity index is 0.900. The van der Waals surface area contributed by atoms with Gasteiger partial charge in [0.15, 0.2) is 0 Å². The monoisotopic (exact) mass is 868 g/mol. The van der Waals surface area contributed by atoms with Crippen LogP contribution in [-0.2, 0) is 0 Å². The Morgan fingerprint density at radius 3 is 1.66 bits per heavy atom. The highest BCUT2D eigenvalue weighted by molar-refractivity contribution is 6.20. The maximum atomic E-state index is 6.59. The quantitative estimate of drug-likeness (QED) is 0.160. The first-order chi connectivity index (χ1) is 33.7. The lowest BCUT2D eigenvalue weighted by Crippen LogP contribution is -2.10. The van der Waals surface area contributed by atoms with Crippen LogP contribution in [-0.4, -0.2) is 4.57 Å². The molecule has 0 N–H and O–H groups in total. The van der Waals surface area contributed by atoms with E-state index >= 15 is 0 Å². The first-order valence-corrected chi connectivity index (χ1v) is 23.1. The van der Waals surface area contributed by atoms with Crippen LogP contribution in [0.2, 0.25) is 0 Å². The largest absolute Gasteiger partial charge is 0.456 e. The van der Waals surface area contributed by atoms with Gasteiger partial charge in [-0.25, -0.2) is 0 Å². The predicted octanol–water partition coefficient (Wildman–Crippen LogP) is 18.2. The van der Waals surface area contributed by atoms with Crippen LogP contribution in [0.5, 0.6) is 0 Å². The molecule has 318 valence electrons. The fourth-order valence-electron chi connectivity index (χ4n) is 10.5. The number of anilines is 3. The molecule has 0 saturated heterocycles. The fourth-order valence-corrected chi connectivity index (χ4v) is 10.5. The topological polar surface area (TPSA) is 34.5 Å². The van der Waals surface area contributed by atoms with Crippen LogP contribution in [0.1, 0.15) is 0 Å². The van der Waals surface area contributed by atoms with Gasteiger partial charge < -0.3 is 13.7 Å². The summed E-state index contributed by atoms with van der Waals surface area (Å²) >= 11 is 0. The molecular formula is C64H40N2O2. The zero-order valence-corrected chi connectivity index (χ0v) is 36.8. The normalized spacial score (nSPS) is 11.8. The van der Waals surface area contributed by atoms with E-state index in [0.29, 0.717) is 0 Å². The van der Waals surface area contributed by atoms with Gasteiger partial charge in [0, 0.05) is 44.0 Å². The second-order valence-corrected chi connectivity index (χ2v) is 17.7. The van der Waals surface area contributed by atoms with Crippen molar-refractivity contribution in [3.05, 3.63) is 243 Å². The molecule has 0 aliphatic rings. The molecule has 0 amide bonds. The van der Waals surface area contributed by atoms with Crippen molar-refractivity contribution in [1.82, 2.24) is 4.57 Å². The minimum atomic E-state index is 0.857. The van der Waals surface area contributed by atoms with Gasteiger partial charge in [-0.05, 0) is 134 Å². The van der Waals surface area contributed by atoms with Gasteiger partial charge in [-0.15, -0.1) is 0 Å². The van der Waals surface area contributed by atoms with E-state index in [2.05, 4.69) is 234 Å². The van der Waals surface area contributed by atoms with E-state index < -0.39 is 0 Å². The van der Waals surface area contributed by atoms with E-state index in [1.807, 2.05) is 18.2 Å². The predicted molar refractivity (Wildman–Crippen MR) is 284 cm³/mol. The molecular weight excluding hydrogens is 829 g/mol. The SMILES string of the molecule is c1ccc(-n2c3ccc(-c4ccc(N(c5ccc(-c6ccc7ccccc7c6)cc5)c5ccc(-c6ccc7c(c6)oc6ccccc67)c6ccccc56)cc4)cc3c3c4ccccc4oc32)cc1. The summed E-state index contributed by atoms with van der Waals surface area (Å²) in [6.45, 7) is 0. The van der Waals surface area contributed by atoms with Crippen molar-refractivity contribution in [2.45, 2.75) is 0 Å². The number of hydrogen-bond donors (Lipinski definition) is 0. The summed E-state index contributed by atoms with van der Waals surface area (Å²) in [7, 11) is 0. The van der Waals surface area contributed by atoms with Crippen LogP contribution >= 0.6 is 0 Å². The molecule has 4 heteroatoms. The third-order valence-electron chi connectivity index (χ3n) is 13.8. The Morgan fingerprint density at radius 2 is 0.897 bits per heavy atom. The molecule has 14 aromatic rings. The Kier molecular flexibility index (Phi) is 8.55. The van der Waals surface area contributed by atoms with Crippen molar-refractivity contribution < 1.29 is 8.83 Å². The summed E-state index contributed by atoms with van der Waals surface area (Å²) in [4.78, 5) is 2.40. The van der Waals surface area contributed by atoms with Crippen LogP contribution in [0.3, 0.4) is 0 Å². The number of rotatable bonds is 7. The zero-order valence-electron chi connectivity index (χ0n) is 36.8. The number of aromatic nitrogens is 1. The molecule has 0 fully saturated rings. The van der Waals surface area contributed by atoms with Crippen molar-refractivity contribution in [2.24, 2.45) is 0 Å². The van der Waals surface area contributed by atoms with Crippen molar-refractivity contribution in [3.63, 3.8) is 0 Å². The third kappa shape index (κ3) is 6.08. The number of furan rings is 2. The van der Waals surface area contributed by atoms with Crippen LogP contribution < -0.4 is 4.90 Å². The van der Waals surface area contributed by atoms with Gasteiger partial charge in [-0.2, -0.15) is 0 Å². The highest BCUT2D eigenvalue weighted by atomic mass is 16.3. The van der Waals surface area contributed by atoms with E-state index in [1.165, 1.54) is 27.3 Å². The maximum absolute atomic E-state index is 6.59. The average Bonchev–Trinajstić information content (AvgIpc) is 4.07. The Labute approximate surface area is 391 Å². The maximum Gasteiger partial charge on any atom is 0.213 e. The molecule has 0 spiro atoms. The number of benzene rings is 11. The number of hydrogen-bond acceptors (Lipinski definition) is 3. The molecule has 0 atom stereocenters. The van der Waals surface area contributed by atoms with Gasteiger partial charge in [0.05, 0.1) is 16.6 Å². The molecule has 0 saturated carbocycles. The van der Waals surface area contributed by atoms with Crippen LogP contribution in [0.25, 0.3) is 116 Å². The van der Waals surface area contributed by atoms with Gasteiger partial charge in [0.25, 0.3) is 0 Å². The van der Waals surface area contributed by atoms with E-state index in [-0.39, 0.29) is 0 Å². The summed E-state index contributed by atoms with van der Waals surface area (Å²) < 4.78 is 15.2. The van der Waals surface area contributed by atoms with Crippen LogP contribution in [0.4, 0.5) is 17.1 Å². The second kappa shape index (κ2) is 15.2. The number of nitrogens with zero attached hydrogens (tertiary/aromatic N) is 2. The average molecular weight is 869 g/mol. The number of para-hydroxylation sites is 3. The minimum absolute atomic E-state index is 0.857. The Hall–Kier alpha value is -9.12. The molecule has 0 aliphatic heterocycles. The summed E-state index contributed by atoms with van der Waals surface area (Å²) in [6.07, 6.45) is 0. The molecule has 4 nitrogen and oxygen atoms in total. The standard InChI is InChI=1S/C64H40N2O2/c1-2-14-48(15-3-1)66-59-36-29-46(39-57(59)63-56-19-9-11-21-61(56)68-64(63)66)43-26-32-50(33-27-43)65(49-30-24-42(25-31-49)45-23-22-41-12-4-5-13-44(41)38-45)58-37-35-51(52-16-6-7-17-53(52)58)47-28-34-55-54-18-8-10-20-60(54)67-62(55)40-47/h1-40H. The lowest BCUT2D eigenvalue weighted by Gasteiger charge is -2.28. The van der Waals surface area contributed by atoms with E-state index in [4.69, 9.17) is 8.83 Å².